The van der Waals surface area contributed by atoms with Crippen molar-refractivity contribution in [1.82, 2.24) is 0 Å². The van der Waals surface area contributed by atoms with Gasteiger partial charge >= 0.3 is 0 Å². The number of sulfonamides is 1. The third-order valence-corrected chi connectivity index (χ3v) is 6.87. The van der Waals surface area contributed by atoms with Crippen LogP contribution in [0.1, 0.15) is 5.56 Å². The van der Waals surface area contributed by atoms with Gasteiger partial charge in [-0.15, -0.1) is 11.8 Å². The number of carbonyl (C=O) groups is 1. The Balaban J connectivity index is 1.58. The van der Waals surface area contributed by atoms with Crippen LogP contribution in [-0.4, -0.2) is 20.1 Å². The topological polar surface area (TPSA) is 75.3 Å². The zero-order chi connectivity index (χ0) is 20.9. The number of rotatable bonds is 7. The van der Waals surface area contributed by atoms with E-state index >= 15 is 0 Å². The van der Waals surface area contributed by atoms with Crippen molar-refractivity contribution in [3.63, 3.8) is 0 Å². The number of hydrogen-bond acceptors (Lipinski definition) is 4. The van der Waals surface area contributed by atoms with E-state index < -0.39 is 10.0 Å². The molecule has 3 aromatic rings. The standard InChI is InChI=1S/C21H19BrN2O3S2/c1-15-2-10-19(11-3-15)28-14-21(25)23-17-8-12-20(13-9-17)29(26,27)24-18-6-4-16(22)5-7-18/h2-13,24H,14H2,1H3,(H,23,25). The second-order valence-electron chi connectivity index (χ2n) is 6.29. The lowest BCUT2D eigenvalue weighted by atomic mass is 10.2. The van der Waals surface area contributed by atoms with Gasteiger partial charge in [0.2, 0.25) is 5.91 Å². The molecule has 5 nitrogen and oxygen atoms in total. The van der Waals surface area contributed by atoms with Crippen molar-refractivity contribution < 1.29 is 13.2 Å². The first kappa shape index (κ1) is 21.4. The van der Waals surface area contributed by atoms with Crippen LogP contribution in [0.25, 0.3) is 0 Å². The molecular weight excluding hydrogens is 472 g/mol. The molecule has 3 aromatic carbocycles. The molecule has 29 heavy (non-hydrogen) atoms. The van der Waals surface area contributed by atoms with Gasteiger partial charge in [-0.25, -0.2) is 8.42 Å². The van der Waals surface area contributed by atoms with Crippen LogP contribution < -0.4 is 10.0 Å². The Kier molecular flexibility index (Phi) is 7.00. The van der Waals surface area contributed by atoms with Gasteiger partial charge in [0.05, 0.1) is 10.6 Å². The fourth-order valence-corrected chi connectivity index (χ4v) is 4.45. The molecule has 0 aliphatic carbocycles. The summed E-state index contributed by atoms with van der Waals surface area (Å²) in [6.07, 6.45) is 0. The molecule has 0 radical (unpaired) electrons. The fraction of sp³-hybridized carbons (Fsp3) is 0.0952. The summed E-state index contributed by atoms with van der Waals surface area (Å²) in [5.41, 5.74) is 2.18. The van der Waals surface area contributed by atoms with E-state index in [9.17, 15) is 13.2 Å². The molecule has 0 fully saturated rings. The van der Waals surface area contributed by atoms with Crippen LogP contribution >= 0.6 is 27.7 Å². The van der Waals surface area contributed by atoms with E-state index in [1.807, 2.05) is 31.2 Å². The lowest BCUT2D eigenvalue weighted by Crippen LogP contribution is -2.15. The van der Waals surface area contributed by atoms with Gasteiger partial charge in [-0.3, -0.25) is 9.52 Å². The van der Waals surface area contributed by atoms with Crippen LogP contribution in [0.2, 0.25) is 0 Å². The summed E-state index contributed by atoms with van der Waals surface area (Å²) in [6, 6.07) is 20.9. The van der Waals surface area contributed by atoms with E-state index in [2.05, 4.69) is 26.0 Å². The minimum absolute atomic E-state index is 0.118. The molecular formula is C21H19BrN2O3S2. The maximum atomic E-state index is 12.5. The van der Waals surface area contributed by atoms with Gasteiger partial charge in [-0.2, -0.15) is 0 Å². The fourth-order valence-electron chi connectivity index (χ4n) is 2.43. The third-order valence-electron chi connectivity index (χ3n) is 3.94. The van der Waals surface area contributed by atoms with Crippen molar-refractivity contribution >= 4 is 55.0 Å². The van der Waals surface area contributed by atoms with Gasteiger partial charge in [0.25, 0.3) is 10.0 Å². The predicted octanol–water partition coefficient (Wildman–Crippen LogP) is 5.29. The molecule has 0 aromatic heterocycles. The van der Waals surface area contributed by atoms with Crippen LogP contribution in [0.5, 0.6) is 0 Å². The van der Waals surface area contributed by atoms with E-state index in [1.54, 1.807) is 36.4 Å². The Bertz CT molecular complexity index is 1080. The summed E-state index contributed by atoms with van der Waals surface area (Å²) in [5.74, 6) is 0.119. The number of anilines is 2. The highest BCUT2D eigenvalue weighted by atomic mass is 79.9. The van der Waals surface area contributed by atoms with Crippen molar-refractivity contribution in [3.05, 3.63) is 82.8 Å². The highest BCUT2D eigenvalue weighted by molar-refractivity contribution is 9.10. The predicted molar refractivity (Wildman–Crippen MR) is 122 cm³/mol. The highest BCUT2D eigenvalue weighted by Gasteiger charge is 2.14. The number of carbonyl (C=O) groups excluding carboxylic acids is 1. The van der Waals surface area contributed by atoms with Crippen LogP contribution in [0.15, 0.2) is 87.1 Å². The average molecular weight is 491 g/mol. The van der Waals surface area contributed by atoms with Gasteiger partial charge in [0.1, 0.15) is 0 Å². The van der Waals surface area contributed by atoms with Crippen LogP contribution in [0, 0.1) is 6.92 Å². The van der Waals surface area contributed by atoms with Crippen LogP contribution in [0.4, 0.5) is 11.4 Å². The minimum atomic E-state index is -3.70. The zero-order valence-corrected chi connectivity index (χ0v) is 18.8. The number of halogens is 1. The molecule has 8 heteroatoms. The van der Waals surface area contributed by atoms with Gasteiger partial charge in [0, 0.05) is 20.7 Å². The first-order valence-electron chi connectivity index (χ1n) is 8.70. The van der Waals surface area contributed by atoms with Gasteiger partial charge in [0.15, 0.2) is 0 Å². The molecule has 1 amide bonds. The molecule has 0 spiro atoms. The van der Waals surface area contributed by atoms with Crippen molar-refractivity contribution in [1.29, 1.82) is 0 Å². The van der Waals surface area contributed by atoms with E-state index in [0.29, 0.717) is 11.4 Å². The monoisotopic (exact) mass is 490 g/mol. The lowest BCUT2D eigenvalue weighted by Gasteiger charge is -2.10. The Morgan fingerprint density at radius 2 is 1.48 bits per heavy atom. The number of benzene rings is 3. The SMILES string of the molecule is Cc1ccc(SCC(=O)Nc2ccc(S(=O)(=O)Nc3ccc(Br)cc3)cc2)cc1. The molecule has 0 bridgehead atoms. The molecule has 0 unspecified atom stereocenters. The Labute approximate surface area is 183 Å². The summed E-state index contributed by atoms with van der Waals surface area (Å²) >= 11 is 4.76. The van der Waals surface area contributed by atoms with Crippen LogP contribution in [-0.2, 0) is 14.8 Å². The average Bonchev–Trinajstić information content (AvgIpc) is 2.70. The first-order chi connectivity index (χ1) is 13.8. The van der Waals surface area contributed by atoms with Crippen molar-refractivity contribution in [2.45, 2.75) is 16.7 Å². The van der Waals surface area contributed by atoms with Gasteiger partial charge in [-0.1, -0.05) is 33.6 Å². The molecule has 0 aliphatic heterocycles. The maximum absolute atomic E-state index is 12.5. The van der Waals surface area contributed by atoms with E-state index in [-0.39, 0.29) is 16.6 Å². The lowest BCUT2D eigenvalue weighted by molar-refractivity contribution is -0.113. The second kappa shape index (κ2) is 9.47. The summed E-state index contributed by atoms with van der Waals surface area (Å²) in [6.45, 7) is 2.01. The first-order valence-corrected chi connectivity index (χ1v) is 12.0. The Morgan fingerprint density at radius 1 is 0.897 bits per heavy atom. The molecule has 150 valence electrons. The quantitative estimate of drug-likeness (QED) is 0.441. The molecule has 2 N–H and O–H groups in total. The second-order valence-corrected chi connectivity index (χ2v) is 9.93. The molecule has 0 heterocycles. The van der Waals surface area contributed by atoms with Crippen molar-refractivity contribution in [2.75, 3.05) is 15.8 Å². The molecule has 0 atom stereocenters. The van der Waals surface area contributed by atoms with Crippen LogP contribution in [0.3, 0.4) is 0 Å². The molecule has 0 saturated heterocycles. The van der Waals surface area contributed by atoms with E-state index in [0.717, 1.165) is 9.37 Å². The van der Waals surface area contributed by atoms with Gasteiger partial charge in [-0.05, 0) is 67.6 Å². The Hall–Kier alpha value is -2.29. The Morgan fingerprint density at radius 3 is 2.10 bits per heavy atom. The van der Waals surface area contributed by atoms with E-state index in [1.165, 1.54) is 29.5 Å². The number of aryl methyl sites for hydroxylation is 1. The molecule has 0 saturated carbocycles. The highest BCUT2D eigenvalue weighted by Crippen LogP contribution is 2.21. The zero-order valence-electron chi connectivity index (χ0n) is 15.6. The molecule has 0 aliphatic rings. The minimum Gasteiger partial charge on any atom is -0.325 e. The number of nitrogens with one attached hydrogen (secondary N) is 2. The summed E-state index contributed by atoms with van der Waals surface area (Å²) in [5, 5.41) is 2.78. The smallest absolute Gasteiger partial charge is 0.261 e. The van der Waals surface area contributed by atoms with Crippen molar-refractivity contribution in [3.8, 4) is 0 Å². The normalized spacial score (nSPS) is 11.1. The maximum Gasteiger partial charge on any atom is 0.261 e. The van der Waals surface area contributed by atoms with E-state index in [4.69, 9.17) is 0 Å². The van der Waals surface area contributed by atoms with Gasteiger partial charge < -0.3 is 5.32 Å². The summed E-state index contributed by atoms with van der Waals surface area (Å²) < 4.78 is 28.4. The largest absolute Gasteiger partial charge is 0.325 e. The number of hydrogen-bond donors (Lipinski definition) is 2. The third kappa shape index (κ3) is 6.35. The summed E-state index contributed by atoms with van der Waals surface area (Å²) in [7, 11) is -3.70. The number of amides is 1. The summed E-state index contributed by atoms with van der Waals surface area (Å²) in [4.78, 5) is 13.3. The number of thioether (sulfide) groups is 1. The molecule has 3 rings (SSSR count). The van der Waals surface area contributed by atoms with Crippen molar-refractivity contribution in [2.24, 2.45) is 0 Å².